The average Bonchev–Trinajstić information content (AvgIpc) is 2.45. The van der Waals surface area contributed by atoms with Crippen molar-refractivity contribution in [2.24, 2.45) is 0 Å². The largest absolute Gasteiger partial charge is 0.396 e. The molecule has 0 aliphatic heterocycles. The number of nitrogens with one attached hydrogen (secondary N) is 3. The molecule has 0 saturated carbocycles. The lowest BCUT2D eigenvalue weighted by molar-refractivity contribution is -0.384. The predicted molar refractivity (Wildman–Crippen MR) is 69.6 cm³/mol. The van der Waals surface area contributed by atoms with E-state index in [2.05, 4.69) is 16.2 Å². The number of nitrogens with zero attached hydrogens (tertiary/aromatic N) is 1. The van der Waals surface area contributed by atoms with Crippen LogP contribution in [0, 0.1) is 10.1 Å². The Bertz CT molecular complexity index is 488. The van der Waals surface area contributed by atoms with Crippen LogP contribution >= 0.6 is 0 Å². The summed E-state index contributed by atoms with van der Waals surface area (Å²) in [6.07, 6.45) is 0.356. The van der Waals surface area contributed by atoms with Gasteiger partial charge in [-0.1, -0.05) is 0 Å². The maximum atomic E-state index is 11.3. The van der Waals surface area contributed by atoms with Crippen molar-refractivity contribution in [3.05, 3.63) is 34.4 Å². The number of nitro benzene ring substituents is 1. The Labute approximate surface area is 114 Å². The van der Waals surface area contributed by atoms with Crippen molar-refractivity contribution in [2.45, 2.75) is 6.42 Å². The first-order valence-electron chi connectivity index (χ1n) is 5.74. The van der Waals surface area contributed by atoms with Gasteiger partial charge in [-0.2, -0.15) is 0 Å². The first-order chi connectivity index (χ1) is 9.54. The lowest BCUT2D eigenvalue weighted by Crippen LogP contribution is -2.42. The first kappa shape index (κ1) is 15.4. The van der Waals surface area contributed by atoms with E-state index in [1.807, 2.05) is 0 Å². The van der Waals surface area contributed by atoms with Gasteiger partial charge in [-0.3, -0.25) is 30.6 Å². The highest BCUT2D eigenvalue weighted by Crippen LogP contribution is 2.14. The van der Waals surface area contributed by atoms with Crippen molar-refractivity contribution in [1.82, 2.24) is 10.7 Å². The highest BCUT2D eigenvalue weighted by atomic mass is 16.6. The van der Waals surface area contributed by atoms with Gasteiger partial charge in [0.2, 0.25) is 0 Å². The van der Waals surface area contributed by atoms with E-state index in [1.54, 1.807) is 0 Å². The zero-order valence-corrected chi connectivity index (χ0v) is 10.5. The second kappa shape index (κ2) is 7.69. The van der Waals surface area contributed by atoms with Crippen LogP contribution in [0.1, 0.15) is 6.42 Å². The second-order valence-electron chi connectivity index (χ2n) is 3.72. The molecule has 0 aliphatic carbocycles. The summed E-state index contributed by atoms with van der Waals surface area (Å²) in [7, 11) is 0. The van der Waals surface area contributed by atoms with Gasteiger partial charge in [0, 0.05) is 25.3 Å². The molecule has 0 heterocycles. The van der Waals surface area contributed by atoms with Gasteiger partial charge in [0.25, 0.3) is 5.69 Å². The Hall–Kier alpha value is -2.68. The van der Waals surface area contributed by atoms with Crippen LogP contribution in [0.25, 0.3) is 0 Å². The number of hydrazine groups is 1. The van der Waals surface area contributed by atoms with Crippen molar-refractivity contribution in [2.75, 3.05) is 18.6 Å². The SMILES string of the molecule is O=C(NCCCO)C(=O)NNc1ccc([N+](=O)[O-])cc1. The lowest BCUT2D eigenvalue weighted by Gasteiger charge is -2.08. The number of amides is 2. The molecule has 9 heteroatoms. The number of nitro groups is 1. The van der Waals surface area contributed by atoms with Gasteiger partial charge in [-0.15, -0.1) is 0 Å². The van der Waals surface area contributed by atoms with Gasteiger partial charge in [0.05, 0.1) is 10.6 Å². The predicted octanol–water partition coefficient (Wildman–Crippen LogP) is -0.463. The third-order valence-corrected chi connectivity index (χ3v) is 2.23. The third kappa shape index (κ3) is 4.90. The Kier molecular flexibility index (Phi) is 5.91. The third-order valence-electron chi connectivity index (χ3n) is 2.23. The van der Waals surface area contributed by atoms with Crippen molar-refractivity contribution in [1.29, 1.82) is 0 Å². The number of non-ortho nitro benzene ring substituents is 1. The van der Waals surface area contributed by atoms with Crippen LogP contribution in [0.2, 0.25) is 0 Å². The molecule has 1 rings (SSSR count). The molecule has 0 saturated heterocycles. The van der Waals surface area contributed by atoms with Gasteiger partial charge < -0.3 is 10.4 Å². The zero-order chi connectivity index (χ0) is 15.0. The van der Waals surface area contributed by atoms with Crippen molar-refractivity contribution >= 4 is 23.2 Å². The Morgan fingerprint density at radius 2 is 1.85 bits per heavy atom. The molecule has 9 nitrogen and oxygen atoms in total. The number of carbonyl (C=O) groups excluding carboxylic acids is 2. The van der Waals surface area contributed by atoms with Gasteiger partial charge >= 0.3 is 11.8 Å². The molecule has 4 N–H and O–H groups in total. The molecule has 0 aliphatic rings. The molecule has 0 aromatic heterocycles. The van der Waals surface area contributed by atoms with Crippen LogP contribution in [0.5, 0.6) is 0 Å². The zero-order valence-electron chi connectivity index (χ0n) is 10.5. The van der Waals surface area contributed by atoms with Crippen LogP contribution in [0.4, 0.5) is 11.4 Å². The Morgan fingerprint density at radius 1 is 1.20 bits per heavy atom. The highest BCUT2D eigenvalue weighted by molar-refractivity contribution is 6.35. The Morgan fingerprint density at radius 3 is 2.40 bits per heavy atom. The highest BCUT2D eigenvalue weighted by Gasteiger charge is 2.12. The van der Waals surface area contributed by atoms with Crippen LogP contribution < -0.4 is 16.2 Å². The van der Waals surface area contributed by atoms with E-state index in [0.717, 1.165) is 0 Å². The quantitative estimate of drug-likeness (QED) is 0.241. The molecular weight excluding hydrogens is 268 g/mol. The molecule has 108 valence electrons. The van der Waals surface area contributed by atoms with Gasteiger partial charge in [0.1, 0.15) is 0 Å². The Balaban J connectivity index is 2.40. The maximum Gasteiger partial charge on any atom is 0.327 e. The molecule has 1 aromatic rings. The maximum absolute atomic E-state index is 11.3. The van der Waals surface area contributed by atoms with E-state index in [0.29, 0.717) is 12.1 Å². The topological polar surface area (TPSA) is 134 Å². The first-order valence-corrected chi connectivity index (χ1v) is 5.74. The van der Waals surface area contributed by atoms with Crippen LogP contribution in [-0.2, 0) is 9.59 Å². The van der Waals surface area contributed by atoms with Crippen molar-refractivity contribution < 1.29 is 19.6 Å². The molecule has 0 unspecified atom stereocenters. The summed E-state index contributed by atoms with van der Waals surface area (Å²) in [5.74, 6) is -1.74. The number of aliphatic hydroxyl groups is 1. The summed E-state index contributed by atoms with van der Waals surface area (Å²) >= 11 is 0. The molecule has 0 radical (unpaired) electrons. The van der Waals surface area contributed by atoms with E-state index >= 15 is 0 Å². The van der Waals surface area contributed by atoms with Gasteiger partial charge in [0.15, 0.2) is 0 Å². The molecule has 0 atom stereocenters. The molecule has 0 spiro atoms. The van der Waals surface area contributed by atoms with E-state index in [-0.39, 0.29) is 18.8 Å². The van der Waals surface area contributed by atoms with E-state index in [9.17, 15) is 19.7 Å². The number of anilines is 1. The summed E-state index contributed by atoms with van der Waals surface area (Å²) in [6, 6.07) is 5.30. The fourth-order valence-electron chi connectivity index (χ4n) is 1.21. The number of aliphatic hydroxyl groups excluding tert-OH is 1. The standard InChI is InChI=1S/C11H14N4O5/c16-7-1-6-12-10(17)11(18)14-13-8-2-4-9(5-3-8)15(19)20/h2-5,13,16H,1,6-7H2,(H,12,17)(H,14,18). The number of hydrogen-bond donors (Lipinski definition) is 4. The minimum atomic E-state index is -0.902. The van der Waals surface area contributed by atoms with E-state index in [1.165, 1.54) is 24.3 Å². The van der Waals surface area contributed by atoms with Gasteiger partial charge in [-0.05, 0) is 18.6 Å². The lowest BCUT2D eigenvalue weighted by atomic mass is 10.3. The molecule has 20 heavy (non-hydrogen) atoms. The molecule has 0 fully saturated rings. The smallest absolute Gasteiger partial charge is 0.327 e. The number of rotatable bonds is 6. The summed E-state index contributed by atoms with van der Waals surface area (Å²) in [6.45, 7) is 0.114. The molecule has 2 amide bonds. The minimum absolute atomic E-state index is 0.0800. The fraction of sp³-hybridized carbons (Fsp3) is 0.273. The molecule has 1 aromatic carbocycles. The molecular formula is C11H14N4O5. The van der Waals surface area contributed by atoms with Gasteiger partial charge in [-0.25, -0.2) is 0 Å². The number of hydrogen-bond acceptors (Lipinski definition) is 6. The number of benzene rings is 1. The average molecular weight is 282 g/mol. The summed E-state index contributed by atoms with van der Waals surface area (Å²) in [5, 5.41) is 21.3. The van der Waals surface area contributed by atoms with E-state index < -0.39 is 16.7 Å². The number of carbonyl (C=O) groups is 2. The fourth-order valence-corrected chi connectivity index (χ4v) is 1.21. The minimum Gasteiger partial charge on any atom is -0.396 e. The normalized spacial score (nSPS) is 9.65. The van der Waals surface area contributed by atoms with Crippen LogP contribution in [-0.4, -0.2) is 35.0 Å². The van der Waals surface area contributed by atoms with Crippen molar-refractivity contribution in [3.8, 4) is 0 Å². The van der Waals surface area contributed by atoms with Crippen LogP contribution in [0.3, 0.4) is 0 Å². The summed E-state index contributed by atoms with van der Waals surface area (Å²) in [5.41, 5.74) is 4.91. The van der Waals surface area contributed by atoms with Crippen molar-refractivity contribution in [3.63, 3.8) is 0 Å². The van der Waals surface area contributed by atoms with Crippen LogP contribution in [0.15, 0.2) is 24.3 Å². The summed E-state index contributed by atoms with van der Waals surface area (Å²) < 4.78 is 0. The molecule has 0 bridgehead atoms. The second-order valence-corrected chi connectivity index (χ2v) is 3.72. The summed E-state index contributed by atoms with van der Waals surface area (Å²) in [4.78, 5) is 32.5. The van der Waals surface area contributed by atoms with E-state index in [4.69, 9.17) is 5.11 Å². The monoisotopic (exact) mass is 282 g/mol.